The third-order valence-corrected chi connectivity index (χ3v) is 4.39. The van der Waals surface area contributed by atoms with Gasteiger partial charge in [0.25, 0.3) is 0 Å². The Morgan fingerprint density at radius 2 is 1.83 bits per heavy atom. The maximum Gasteiger partial charge on any atom is 0.308 e. The molecule has 1 fully saturated rings. The minimum Gasteiger partial charge on any atom is -0.481 e. The molecule has 3 atom stereocenters. The Labute approximate surface area is 109 Å². The first kappa shape index (κ1) is 15.0. The van der Waals surface area contributed by atoms with E-state index in [1.807, 2.05) is 13.8 Å². The first-order valence-corrected chi connectivity index (χ1v) is 6.93. The van der Waals surface area contributed by atoms with Crippen LogP contribution in [0.1, 0.15) is 40.5 Å². The summed E-state index contributed by atoms with van der Waals surface area (Å²) in [6.45, 7) is 9.04. The topological polar surface area (TPSA) is 57.6 Å². The van der Waals surface area contributed by atoms with Gasteiger partial charge in [0, 0.05) is 19.0 Å². The van der Waals surface area contributed by atoms with Crippen LogP contribution in [0.3, 0.4) is 0 Å². The molecule has 0 radical (unpaired) electrons. The van der Waals surface area contributed by atoms with E-state index in [4.69, 9.17) is 5.11 Å². The highest BCUT2D eigenvalue weighted by Gasteiger charge is 2.38. The van der Waals surface area contributed by atoms with E-state index in [9.17, 15) is 9.59 Å². The molecule has 0 spiro atoms. The van der Waals surface area contributed by atoms with Crippen LogP contribution in [0.4, 0.5) is 0 Å². The van der Waals surface area contributed by atoms with E-state index in [0.717, 1.165) is 12.8 Å². The first-order chi connectivity index (χ1) is 8.42. The standard InChI is InChI=1S/C14H25NO3/c1-5-11(6-2)10(4)13(16)15-7-9(3)12(8-15)14(17)18/h9-12H,5-8H2,1-4H3,(H,17,18)/t9-,10?,12-/m1/s1. The summed E-state index contributed by atoms with van der Waals surface area (Å²) >= 11 is 0. The summed E-state index contributed by atoms with van der Waals surface area (Å²) in [5, 5.41) is 9.09. The Kier molecular flexibility index (Phi) is 5.17. The molecular formula is C14H25NO3. The van der Waals surface area contributed by atoms with E-state index in [-0.39, 0.29) is 17.7 Å². The second kappa shape index (κ2) is 6.21. The van der Waals surface area contributed by atoms with E-state index in [1.165, 1.54) is 0 Å². The average Bonchev–Trinajstić information content (AvgIpc) is 2.71. The van der Waals surface area contributed by atoms with Crippen molar-refractivity contribution in [1.82, 2.24) is 4.90 Å². The van der Waals surface area contributed by atoms with Crippen molar-refractivity contribution < 1.29 is 14.7 Å². The Bertz CT molecular complexity index is 312. The van der Waals surface area contributed by atoms with E-state index in [2.05, 4.69) is 13.8 Å². The van der Waals surface area contributed by atoms with Crippen molar-refractivity contribution in [3.63, 3.8) is 0 Å². The molecule has 1 amide bonds. The number of carbonyl (C=O) groups excluding carboxylic acids is 1. The van der Waals surface area contributed by atoms with Crippen molar-refractivity contribution in [2.24, 2.45) is 23.7 Å². The Morgan fingerprint density at radius 3 is 2.22 bits per heavy atom. The second-order valence-electron chi connectivity index (χ2n) is 5.53. The lowest BCUT2D eigenvalue weighted by Gasteiger charge is -2.26. The highest BCUT2D eigenvalue weighted by Crippen LogP contribution is 2.28. The van der Waals surface area contributed by atoms with Gasteiger partial charge < -0.3 is 10.0 Å². The molecule has 0 aromatic heterocycles. The lowest BCUT2D eigenvalue weighted by molar-refractivity contribution is -0.142. The molecule has 0 aliphatic carbocycles. The van der Waals surface area contributed by atoms with Gasteiger partial charge in [-0.3, -0.25) is 9.59 Å². The number of carbonyl (C=O) groups is 2. The predicted molar refractivity (Wildman–Crippen MR) is 70.1 cm³/mol. The lowest BCUT2D eigenvalue weighted by atomic mass is 9.88. The quantitative estimate of drug-likeness (QED) is 0.819. The van der Waals surface area contributed by atoms with Gasteiger partial charge in [0.15, 0.2) is 0 Å². The molecule has 0 bridgehead atoms. The fourth-order valence-electron chi connectivity index (χ4n) is 2.95. The number of carboxylic acids is 1. The molecule has 1 aliphatic rings. The van der Waals surface area contributed by atoms with Crippen molar-refractivity contribution in [1.29, 1.82) is 0 Å². The van der Waals surface area contributed by atoms with Crippen LogP contribution < -0.4 is 0 Å². The first-order valence-electron chi connectivity index (χ1n) is 6.93. The molecule has 0 saturated carbocycles. The molecule has 0 aromatic carbocycles. The third-order valence-electron chi connectivity index (χ3n) is 4.39. The minimum absolute atomic E-state index is 0.000236. The zero-order valence-corrected chi connectivity index (χ0v) is 11.8. The monoisotopic (exact) mass is 255 g/mol. The van der Waals surface area contributed by atoms with Gasteiger partial charge in [0.1, 0.15) is 0 Å². The van der Waals surface area contributed by atoms with Crippen molar-refractivity contribution in [3.05, 3.63) is 0 Å². The summed E-state index contributed by atoms with van der Waals surface area (Å²) < 4.78 is 0. The fraction of sp³-hybridized carbons (Fsp3) is 0.857. The highest BCUT2D eigenvalue weighted by atomic mass is 16.4. The fourth-order valence-corrected chi connectivity index (χ4v) is 2.95. The molecule has 1 unspecified atom stereocenters. The van der Waals surface area contributed by atoms with Gasteiger partial charge >= 0.3 is 5.97 Å². The largest absolute Gasteiger partial charge is 0.481 e. The molecule has 0 aromatic rings. The molecule has 1 aliphatic heterocycles. The van der Waals surface area contributed by atoms with Crippen LogP contribution in [0.5, 0.6) is 0 Å². The average molecular weight is 255 g/mol. The normalized spacial score (nSPS) is 25.5. The molecule has 1 saturated heterocycles. The molecule has 1 N–H and O–H groups in total. The SMILES string of the molecule is CCC(CC)C(C)C(=O)N1C[C@@H](C)[C@H](C(=O)O)C1. The van der Waals surface area contributed by atoms with Crippen molar-refractivity contribution in [2.75, 3.05) is 13.1 Å². The van der Waals surface area contributed by atoms with E-state index < -0.39 is 11.9 Å². The smallest absolute Gasteiger partial charge is 0.308 e. The van der Waals surface area contributed by atoms with Crippen molar-refractivity contribution in [3.8, 4) is 0 Å². The Hall–Kier alpha value is -1.06. The Balaban J connectivity index is 2.66. The molecule has 1 rings (SSSR count). The summed E-state index contributed by atoms with van der Waals surface area (Å²) in [6, 6.07) is 0. The van der Waals surface area contributed by atoms with E-state index in [0.29, 0.717) is 19.0 Å². The summed E-state index contributed by atoms with van der Waals surface area (Å²) in [4.78, 5) is 25.2. The number of amides is 1. The highest BCUT2D eigenvalue weighted by molar-refractivity contribution is 5.81. The molecule has 18 heavy (non-hydrogen) atoms. The maximum absolute atomic E-state index is 12.4. The molecule has 4 nitrogen and oxygen atoms in total. The Morgan fingerprint density at radius 1 is 1.28 bits per heavy atom. The third kappa shape index (κ3) is 3.03. The van der Waals surface area contributed by atoms with Crippen LogP contribution in [0.15, 0.2) is 0 Å². The van der Waals surface area contributed by atoms with Gasteiger partial charge in [-0.15, -0.1) is 0 Å². The van der Waals surface area contributed by atoms with E-state index >= 15 is 0 Å². The lowest BCUT2D eigenvalue weighted by Crippen LogP contribution is -2.37. The number of hydrogen-bond acceptors (Lipinski definition) is 2. The molecule has 1 heterocycles. The second-order valence-corrected chi connectivity index (χ2v) is 5.53. The van der Waals surface area contributed by atoms with Crippen LogP contribution in [0.25, 0.3) is 0 Å². The predicted octanol–water partition coefficient (Wildman–Crippen LogP) is 2.24. The van der Waals surface area contributed by atoms with Crippen LogP contribution in [-0.2, 0) is 9.59 Å². The maximum atomic E-state index is 12.4. The van der Waals surface area contributed by atoms with Gasteiger partial charge in [-0.05, 0) is 11.8 Å². The molecular weight excluding hydrogens is 230 g/mol. The number of hydrogen-bond donors (Lipinski definition) is 1. The van der Waals surface area contributed by atoms with Crippen LogP contribution in [-0.4, -0.2) is 35.0 Å². The van der Waals surface area contributed by atoms with Gasteiger partial charge in [-0.2, -0.15) is 0 Å². The van der Waals surface area contributed by atoms with Crippen molar-refractivity contribution >= 4 is 11.9 Å². The van der Waals surface area contributed by atoms with Gasteiger partial charge in [-0.1, -0.05) is 40.5 Å². The number of aliphatic carboxylic acids is 1. The number of rotatable bonds is 5. The van der Waals surface area contributed by atoms with Gasteiger partial charge in [-0.25, -0.2) is 0 Å². The van der Waals surface area contributed by atoms with Gasteiger partial charge in [0.2, 0.25) is 5.91 Å². The zero-order valence-electron chi connectivity index (χ0n) is 11.8. The minimum atomic E-state index is -0.784. The summed E-state index contributed by atoms with van der Waals surface area (Å²) in [5.74, 6) is -0.605. The summed E-state index contributed by atoms with van der Waals surface area (Å²) in [5.41, 5.74) is 0. The molecule has 104 valence electrons. The summed E-state index contributed by atoms with van der Waals surface area (Å²) in [6.07, 6.45) is 1.99. The van der Waals surface area contributed by atoms with Crippen molar-refractivity contribution in [2.45, 2.75) is 40.5 Å². The number of nitrogens with zero attached hydrogens (tertiary/aromatic N) is 1. The van der Waals surface area contributed by atoms with Crippen LogP contribution in [0.2, 0.25) is 0 Å². The number of carboxylic acid groups (broad SMARTS) is 1. The van der Waals surface area contributed by atoms with E-state index in [1.54, 1.807) is 4.90 Å². The number of likely N-dealkylation sites (tertiary alicyclic amines) is 1. The van der Waals surface area contributed by atoms with Gasteiger partial charge in [0.05, 0.1) is 5.92 Å². The molecule has 4 heteroatoms. The van der Waals surface area contributed by atoms with Crippen LogP contribution >= 0.6 is 0 Å². The summed E-state index contributed by atoms with van der Waals surface area (Å²) in [7, 11) is 0. The zero-order chi connectivity index (χ0) is 13.9. The van der Waals surface area contributed by atoms with Crippen LogP contribution in [0, 0.1) is 23.7 Å².